The van der Waals surface area contributed by atoms with Crippen molar-refractivity contribution < 1.29 is 14.3 Å². The van der Waals surface area contributed by atoms with E-state index in [1.807, 2.05) is 74.1 Å². The molecule has 242 valence electrons. The molecular weight excluding hydrogens is 648 g/mol. The summed E-state index contributed by atoms with van der Waals surface area (Å²) >= 11 is 3.47. The smallest absolute Gasteiger partial charge is 0.261 e. The predicted molar refractivity (Wildman–Crippen MR) is 180 cm³/mol. The Hall–Kier alpha value is -4.03. The number of nitrogens with zero attached hydrogens (tertiary/aromatic N) is 8. The van der Waals surface area contributed by atoms with Gasteiger partial charge in [-0.2, -0.15) is 5.10 Å². The molecule has 4 aromatic rings. The molecule has 0 bridgehead atoms. The van der Waals surface area contributed by atoms with Crippen LogP contribution in [-0.4, -0.2) is 85.7 Å². The van der Waals surface area contributed by atoms with Crippen LogP contribution in [0, 0.1) is 27.7 Å². The first-order chi connectivity index (χ1) is 22.1. The highest BCUT2D eigenvalue weighted by Gasteiger charge is 2.33. The van der Waals surface area contributed by atoms with Gasteiger partial charge in [-0.1, -0.05) is 27.2 Å². The van der Waals surface area contributed by atoms with Crippen LogP contribution in [0.15, 0.2) is 47.1 Å². The van der Waals surface area contributed by atoms with Crippen molar-refractivity contribution in [2.24, 2.45) is 7.05 Å². The number of carbonyl (C=O) groups is 2. The first-order valence-electron chi connectivity index (χ1n) is 15.9. The van der Waals surface area contributed by atoms with Gasteiger partial charge >= 0.3 is 0 Å². The number of halogens is 1. The van der Waals surface area contributed by atoms with Crippen LogP contribution >= 0.6 is 15.9 Å². The number of aryl methyl sites for hydroxylation is 4. The molecule has 2 amide bonds. The van der Waals surface area contributed by atoms with Crippen LogP contribution in [0.3, 0.4) is 0 Å². The maximum absolute atomic E-state index is 13.8. The number of hydrogen-bond acceptors (Lipinski definition) is 7. The van der Waals surface area contributed by atoms with E-state index in [-0.39, 0.29) is 17.9 Å². The van der Waals surface area contributed by atoms with Crippen LogP contribution < -0.4 is 9.64 Å². The Kier molecular flexibility index (Phi) is 9.28. The predicted octanol–water partition coefficient (Wildman–Crippen LogP) is 5.17. The van der Waals surface area contributed by atoms with Gasteiger partial charge in [-0.15, -0.1) is 5.10 Å². The zero-order valence-electron chi connectivity index (χ0n) is 27.2. The molecule has 0 saturated carbocycles. The van der Waals surface area contributed by atoms with Gasteiger partial charge in [-0.05, 0) is 87.6 Å². The largest absolute Gasteiger partial charge is 0.438 e. The lowest BCUT2D eigenvalue weighted by Gasteiger charge is -2.34. The van der Waals surface area contributed by atoms with E-state index in [9.17, 15) is 9.59 Å². The van der Waals surface area contributed by atoms with Crippen molar-refractivity contribution in [3.63, 3.8) is 0 Å². The summed E-state index contributed by atoms with van der Waals surface area (Å²) in [6.07, 6.45) is 4.29. The van der Waals surface area contributed by atoms with Crippen LogP contribution in [0.2, 0.25) is 0 Å². The molecule has 1 atom stereocenters. The highest BCUT2D eigenvalue weighted by atomic mass is 79.9. The lowest BCUT2D eigenvalue weighted by molar-refractivity contribution is -0.123. The molecule has 2 fully saturated rings. The fourth-order valence-corrected chi connectivity index (χ4v) is 6.64. The van der Waals surface area contributed by atoms with Crippen LogP contribution in [-0.2, 0) is 18.3 Å². The molecule has 4 heterocycles. The number of aromatic nitrogens is 5. The first-order valence-corrected chi connectivity index (χ1v) is 16.7. The van der Waals surface area contributed by atoms with Gasteiger partial charge in [0.1, 0.15) is 17.4 Å². The van der Waals surface area contributed by atoms with E-state index < -0.39 is 0 Å². The maximum Gasteiger partial charge on any atom is 0.261 e. The average Bonchev–Trinajstić information content (AvgIpc) is 3.62. The third-order valence-electron chi connectivity index (χ3n) is 9.12. The average molecular weight is 690 g/mol. The lowest BCUT2D eigenvalue weighted by atomic mass is 10.0. The molecule has 0 N–H and O–H groups in total. The minimum Gasteiger partial charge on any atom is -0.438 e. The van der Waals surface area contributed by atoms with Crippen LogP contribution in [0.1, 0.15) is 57.3 Å². The van der Waals surface area contributed by atoms with E-state index in [2.05, 4.69) is 49.2 Å². The highest BCUT2D eigenvalue weighted by molar-refractivity contribution is 9.10. The quantitative estimate of drug-likeness (QED) is 0.252. The summed E-state index contributed by atoms with van der Waals surface area (Å²) in [5.41, 5.74) is 6.23. The number of piperidine rings is 1. The van der Waals surface area contributed by atoms with Gasteiger partial charge in [-0.3, -0.25) is 14.5 Å². The van der Waals surface area contributed by atoms with Crippen molar-refractivity contribution in [2.45, 2.75) is 53.0 Å². The Morgan fingerprint density at radius 3 is 2.50 bits per heavy atom. The standard InChI is InChI=1S/C34H41BrN8O3/c1-22-19-23(2)24(3)30(20-22)46-34-31(25(4)37-39(34)5)33(45)41-17-15-40(16-18-41)14-12-27-21-43(38-36-27)29-7-6-13-42(32(29)44)28-10-8-26(35)9-11-28/h8-11,19-21,29H,6-7,12-18H2,1-5H3. The number of anilines is 1. The van der Waals surface area contributed by atoms with E-state index in [1.165, 1.54) is 0 Å². The van der Waals surface area contributed by atoms with Crippen LogP contribution in [0.5, 0.6) is 11.6 Å². The molecule has 0 radical (unpaired) electrons. The summed E-state index contributed by atoms with van der Waals surface area (Å²) in [6, 6.07) is 11.6. The Bertz CT molecular complexity index is 1740. The molecule has 2 aliphatic heterocycles. The van der Waals surface area contributed by atoms with Gasteiger partial charge in [0.25, 0.3) is 11.8 Å². The van der Waals surface area contributed by atoms with Gasteiger partial charge in [-0.25, -0.2) is 9.36 Å². The topological polar surface area (TPSA) is 102 Å². The lowest BCUT2D eigenvalue weighted by Crippen LogP contribution is -2.49. The van der Waals surface area contributed by atoms with Crippen LogP contribution in [0.25, 0.3) is 0 Å². The number of benzene rings is 2. The normalized spacial score (nSPS) is 17.5. The Balaban J connectivity index is 1.04. The van der Waals surface area contributed by atoms with Gasteiger partial charge < -0.3 is 14.5 Å². The SMILES string of the molecule is Cc1cc(C)c(C)c(Oc2c(C(=O)N3CCN(CCc4cn(C5CCCN(c6ccc(Br)cc6)C5=O)nn4)CC3)c(C)nn2C)c1. The summed E-state index contributed by atoms with van der Waals surface area (Å²) in [5, 5.41) is 13.3. The van der Waals surface area contributed by atoms with Crippen LogP contribution in [0.4, 0.5) is 5.69 Å². The summed E-state index contributed by atoms with van der Waals surface area (Å²) in [6.45, 7) is 12.2. The molecule has 2 aromatic carbocycles. The Labute approximate surface area is 278 Å². The second-order valence-corrected chi connectivity index (χ2v) is 13.3. The van der Waals surface area contributed by atoms with E-state index in [0.717, 1.165) is 77.2 Å². The second-order valence-electron chi connectivity index (χ2n) is 12.4. The third kappa shape index (κ3) is 6.59. The minimum atomic E-state index is -0.350. The maximum atomic E-state index is 13.8. The monoisotopic (exact) mass is 688 g/mol. The summed E-state index contributed by atoms with van der Waals surface area (Å²) in [4.78, 5) is 33.2. The number of piperazine rings is 1. The summed E-state index contributed by atoms with van der Waals surface area (Å²) < 4.78 is 10.7. The molecule has 11 nitrogen and oxygen atoms in total. The van der Waals surface area contributed by atoms with Crippen molar-refractivity contribution in [3.05, 3.63) is 80.7 Å². The zero-order chi connectivity index (χ0) is 32.5. The molecule has 0 spiro atoms. The van der Waals surface area contributed by atoms with Crippen molar-refractivity contribution >= 4 is 33.4 Å². The molecular formula is C34H41BrN8O3. The number of hydrogen-bond donors (Lipinski definition) is 0. The molecule has 12 heteroatoms. The van der Waals surface area contributed by atoms with Gasteiger partial charge in [0, 0.05) is 69.1 Å². The summed E-state index contributed by atoms with van der Waals surface area (Å²) in [5.74, 6) is 1.20. The number of ether oxygens (including phenoxy) is 1. The molecule has 2 aromatic heterocycles. The van der Waals surface area contributed by atoms with Gasteiger partial charge in [0.05, 0.1) is 11.4 Å². The fourth-order valence-electron chi connectivity index (χ4n) is 6.38. The highest BCUT2D eigenvalue weighted by Crippen LogP contribution is 2.33. The van der Waals surface area contributed by atoms with E-state index in [0.29, 0.717) is 36.8 Å². The molecule has 6 rings (SSSR count). The van der Waals surface area contributed by atoms with Gasteiger partial charge in [0.2, 0.25) is 5.88 Å². The first kappa shape index (κ1) is 31.9. The number of rotatable bonds is 8. The van der Waals surface area contributed by atoms with Gasteiger partial charge in [0.15, 0.2) is 0 Å². The van der Waals surface area contributed by atoms with Crippen molar-refractivity contribution in [3.8, 4) is 11.6 Å². The molecule has 2 aliphatic rings. The van der Waals surface area contributed by atoms with Crippen molar-refractivity contribution in [1.82, 2.24) is 34.6 Å². The van der Waals surface area contributed by atoms with E-state index >= 15 is 0 Å². The third-order valence-corrected chi connectivity index (χ3v) is 9.65. The minimum absolute atomic E-state index is 0.0485. The Morgan fingerprint density at radius 1 is 1.02 bits per heavy atom. The van der Waals surface area contributed by atoms with E-state index in [4.69, 9.17) is 4.74 Å². The van der Waals surface area contributed by atoms with Crippen molar-refractivity contribution in [2.75, 3.05) is 44.2 Å². The van der Waals surface area contributed by atoms with E-state index in [1.54, 1.807) is 9.36 Å². The molecule has 0 aliphatic carbocycles. The zero-order valence-corrected chi connectivity index (χ0v) is 28.7. The Morgan fingerprint density at radius 2 is 1.76 bits per heavy atom. The fraction of sp³-hybridized carbons (Fsp3) is 0.441. The second kappa shape index (κ2) is 13.4. The number of carbonyl (C=O) groups excluding carboxylic acids is 2. The number of amides is 2. The molecule has 1 unspecified atom stereocenters. The molecule has 2 saturated heterocycles. The molecule has 46 heavy (non-hydrogen) atoms. The summed E-state index contributed by atoms with van der Waals surface area (Å²) in [7, 11) is 1.81. The van der Waals surface area contributed by atoms with Crippen molar-refractivity contribution in [1.29, 1.82) is 0 Å².